The van der Waals surface area contributed by atoms with Gasteiger partial charge in [0.15, 0.2) is 0 Å². The van der Waals surface area contributed by atoms with E-state index < -0.39 is 5.41 Å². The highest BCUT2D eigenvalue weighted by Gasteiger charge is 2.35. The maximum atomic E-state index is 13.6. The maximum Gasteiger partial charge on any atom is 0.232 e. The lowest BCUT2D eigenvalue weighted by Gasteiger charge is -2.31. The Hall–Kier alpha value is -1.84. The molecule has 0 bridgehead atoms. The molecule has 1 amide bonds. The van der Waals surface area contributed by atoms with Gasteiger partial charge in [0.25, 0.3) is 0 Å². The van der Waals surface area contributed by atoms with Gasteiger partial charge in [-0.05, 0) is 50.5 Å². The average molecular weight is 302 g/mol. The minimum atomic E-state index is -0.656. The van der Waals surface area contributed by atoms with Crippen LogP contribution in [0.1, 0.15) is 45.1 Å². The summed E-state index contributed by atoms with van der Waals surface area (Å²) in [6.45, 7) is 5.54. The normalized spacial score (nSPS) is 16.8. The molecular formula is C18H23FN2O. The van der Waals surface area contributed by atoms with Crippen molar-refractivity contribution in [2.75, 3.05) is 13.1 Å². The summed E-state index contributed by atoms with van der Waals surface area (Å²) in [4.78, 5) is 18.1. The SMILES string of the molecule is CC(C)(C(=O)N1CCCCCC1)c1c[nH]c2ccc(F)cc12. The molecule has 118 valence electrons. The van der Waals surface area contributed by atoms with Gasteiger partial charge in [-0.2, -0.15) is 0 Å². The van der Waals surface area contributed by atoms with Crippen LogP contribution < -0.4 is 0 Å². The molecule has 4 heteroatoms. The van der Waals surface area contributed by atoms with Gasteiger partial charge in [-0.15, -0.1) is 0 Å². The number of hydrogen-bond donors (Lipinski definition) is 1. The number of H-pyrrole nitrogens is 1. The van der Waals surface area contributed by atoms with Gasteiger partial charge in [0.1, 0.15) is 5.82 Å². The fraction of sp³-hybridized carbons (Fsp3) is 0.500. The molecule has 1 aliphatic rings. The summed E-state index contributed by atoms with van der Waals surface area (Å²) in [5.74, 6) is -0.133. The minimum absolute atomic E-state index is 0.138. The summed E-state index contributed by atoms with van der Waals surface area (Å²) in [6.07, 6.45) is 6.39. The topological polar surface area (TPSA) is 36.1 Å². The number of carbonyl (C=O) groups excluding carboxylic acids is 1. The van der Waals surface area contributed by atoms with Gasteiger partial charge in [0.2, 0.25) is 5.91 Å². The van der Waals surface area contributed by atoms with E-state index in [4.69, 9.17) is 0 Å². The Kier molecular flexibility index (Phi) is 3.94. The van der Waals surface area contributed by atoms with Crippen LogP contribution in [0.2, 0.25) is 0 Å². The number of hydrogen-bond acceptors (Lipinski definition) is 1. The number of likely N-dealkylation sites (tertiary alicyclic amines) is 1. The Morgan fingerprint density at radius 2 is 1.86 bits per heavy atom. The number of carbonyl (C=O) groups is 1. The van der Waals surface area contributed by atoms with Crippen molar-refractivity contribution in [3.05, 3.63) is 35.8 Å². The quantitative estimate of drug-likeness (QED) is 0.894. The van der Waals surface area contributed by atoms with E-state index in [1.165, 1.54) is 25.0 Å². The number of rotatable bonds is 2. The number of nitrogens with zero attached hydrogens (tertiary/aromatic N) is 1. The number of benzene rings is 1. The Bertz CT molecular complexity index is 681. The zero-order chi connectivity index (χ0) is 15.7. The van der Waals surface area contributed by atoms with Crippen molar-refractivity contribution >= 4 is 16.8 Å². The standard InChI is InChI=1S/C18H23FN2O/c1-18(2,17(22)21-9-5-3-4-6-10-21)15-12-20-16-8-7-13(19)11-14(15)16/h7-8,11-12,20H,3-6,9-10H2,1-2H3. The minimum Gasteiger partial charge on any atom is -0.361 e. The molecule has 0 aliphatic carbocycles. The molecule has 1 aromatic heterocycles. The zero-order valence-corrected chi connectivity index (χ0v) is 13.3. The number of aromatic amines is 1. The van der Waals surface area contributed by atoms with Gasteiger partial charge in [-0.3, -0.25) is 4.79 Å². The van der Waals surface area contributed by atoms with Crippen molar-refractivity contribution in [2.24, 2.45) is 0 Å². The number of fused-ring (bicyclic) bond motifs is 1. The van der Waals surface area contributed by atoms with Gasteiger partial charge in [-0.25, -0.2) is 4.39 Å². The summed E-state index contributed by atoms with van der Waals surface area (Å²) >= 11 is 0. The van der Waals surface area contributed by atoms with E-state index in [9.17, 15) is 9.18 Å². The second-order valence-corrected chi connectivity index (χ2v) is 6.72. The highest BCUT2D eigenvalue weighted by Crippen LogP contribution is 2.33. The third-order valence-corrected chi connectivity index (χ3v) is 4.75. The van der Waals surface area contributed by atoms with Crippen LogP contribution in [0.4, 0.5) is 4.39 Å². The largest absolute Gasteiger partial charge is 0.361 e. The van der Waals surface area contributed by atoms with Crippen LogP contribution in [0, 0.1) is 5.82 Å². The molecule has 0 spiro atoms. The first-order chi connectivity index (χ1) is 10.5. The number of amides is 1. The first-order valence-electron chi connectivity index (χ1n) is 8.06. The second kappa shape index (κ2) is 5.75. The first kappa shape index (κ1) is 15.1. The molecule has 1 N–H and O–H groups in total. The van der Waals surface area contributed by atoms with Crippen LogP contribution in [0.15, 0.2) is 24.4 Å². The molecule has 2 heterocycles. The Morgan fingerprint density at radius 1 is 1.18 bits per heavy atom. The second-order valence-electron chi connectivity index (χ2n) is 6.72. The number of nitrogens with one attached hydrogen (secondary N) is 1. The van der Waals surface area contributed by atoms with Gasteiger partial charge >= 0.3 is 0 Å². The molecule has 1 aliphatic heterocycles. The van der Waals surface area contributed by atoms with Gasteiger partial charge in [0.05, 0.1) is 5.41 Å². The van der Waals surface area contributed by atoms with Gasteiger partial charge < -0.3 is 9.88 Å². The van der Waals surface area contributed by atoms with E-state index >= 15 is 0 Å². The average Bonchev–Trinajstić information content (AvgIpc) is 2.73. The van der Waals surface area contributed by atoms with E-state index in [2.05, 4.69) is 4.98 Å². The summed E-state index contributed by atoms with van der Waals surface area (Å²) in [5.41, 5.74) is 1.08. The van der Waals surface area contributed by atoms with Gasteiger partial charge in [-0.1, -0.05) is 12.8 Å². The molecule has 1 saturated heterocycles. The predicted octanol–water partition coefficient (Wildman–Crippen LogP) is 3.99. The van der Waals surface area contributed by atoms with Crippen molar-refractivity contribution in [1.29, 1.82) is 0 Å². The van der Waals surface area contributed by atoms with Crippen molar-refractivity contribution in [3.8, 4) is 0 Å². The summed E-state index contributed by atoms with van der Waals surface area (Å²) in [5, 5.41) is 0.799. The smallest absolute Gasteiger partial charge is 0.232 e. The zero-order valence-electron chi connectivity index (χ0n) is 13.3. The van der Waals surface area contributed by atoms with Crippen LogP contribution in [-0.2, 0) is 10.2 Å². The van der Waals surface area contributed by atoms with Crippen molar-refractivity contribution in [3.63, 3.8) is 0 Å². The molecule has 0 saturated carbocycles. The molecule has 1 aromatic carbocycles. The van der Waals surface area contributed by atoms with Gasteiger partial charge in [0, 0.05) is 30.2 Å². The van der Waals surface area contributed by atoms with E-state index in [1.807, 2.05) is 24.9 Å². The third kappa shape index (κ3) is 2.62. The van der Waals surface area contributed by atoms with Crippen LogP contribution in [0.3, 0.4) is 0 Å². The summed E-state index contributed by atoms with van der Waals surface area (Å²) in [7, 11) is 0. The van der Waals surface area contributed by atoms with Crippen LogP contribution >= 0.6 is 0 Å². The van der Waals surface area contributed by atoms with Crippen molar-refractivity contribution < 1.29 is 9.18 Å². The van der Waals surface area contributed by atoms with E-state index in [0.717, 1.165) is 42.4 Å². The molecule has 1 fully saturated rings. The van der Waals surface area contributed by atoms with Crippen LogP contribution in [0.5, 0.6) is 0 Å². The highest BCUT2D eigenvalue weighted by atomic mass is 19.1. The van der Waals surface area contributed by atoms with Crippen LogP contribution in [-0.4, -0.2) is 28.9 Å². The first-order valence-corrected chi connectivity index (χ1v) is 8.06. The van der Waals surface area contributed by atoms with Crippen molar-refractivity contribution in [1.82, 2.24) is 9.88 Å². The number of aromatic nitrogens is 1. The lowest BCUT2D eigenvalue weighted by Crippen LogP contribution is -2.43. The van der Waals surface area contributed by atoms with E-state index in [1.54, 1.807) is 6.07 Å². The van der Waals surface area contributed by atoms with E-state index in [0.29, 0.717) is 0 Å². The fourth-order valence-corrected chi connectivity index (χ4v) is 3.39. The fourth-order valence-electron chi connectivity index (χ4n) is 3.39. The summed E-state index contributed by atoms with van der Waals surface area (Å²) in [6, 6.07) is 4.67. The maximum absolute atomic E-state index is 13.6. The number of halogens is 1. The van der Waals surface area contributed by atoms with E-state index in [-0.39, 0.29) is 11.7 Å². The third-order valence-electron chi connectivity index (χ3n) is 4.75. The molecule has 2 aromatic rings. The molecule has 22 heavy (non-hydrogen) atoms. The highest BCUT2D eigenvalue weighted by molar-refractivity contribution is 5.94. The Labute approximate surface area is 130 Å². The summed E-state index contributed by atoms with van der Waals surface area (Å²) < 4.78 is 13.6. The lowest BCUT2D eigenvalue weighted by atomic mass is 9.83. The Balaban J connectivity index is 1.96. The molecule has 0 atom stereocenters. The predicted molar refractivity (Wildman–Crippen MR) is 86.3 cm³/mol. The molecule has 0 unspecified atom stereocenters. The lowest BCUT2D eigenvalue weighted by molar-refractivity contribution is -0.136. The molecule has 3 rings (SSSR count). The molecule has 3 nitrogen and oxygen atoms in total. The monoisotopic (exact) mass is 302 g/mol. The van der Waals surface area contributed by atoms with Crippen molar-refractivity contribution in [2.45, 2.75) is 44.9 Å². The molecular weight excluding hydrogens is 279 g/mol. The molecule has 0 radical (unpaired) electrons. The Morgan fingerprint density at radius 3 is 2.55 bits per heavy atom. The van der Waals surface area contributed by atoms with Crippen LogP contribution in [0.25, 0.3) is 10.9 Å².